The van der Waals surface area contributed by atoms with Crippen molar-refractivity contribution in [1.82, 2.24) is 19.9 Å². The predicted octanol–water partition coefficient (Wildman–Crippen LogP) is 4.38. The lowest BCUT2D eigenvalue weighted by atomic mass is 9.95. The van der Waals surface area contributed by atoms with Gasteiger partial charge in [0.25, 0.3) is 0 Å². The Morgan fingerprint density at radius 2 is 2.00 bits per heavy atom. The number of H-pyrrole nitrogens is 1. The van der Waals surface area contributed by atoms with E-state index in [2.05, 4.69) is 28.9 Å². The first-order chi connectivity index (χ1) is 16.2. The number of rotatable bonds is 5. The molecule has 1 aromatic carbocycles. The van der Waals surface area contributed by atoms with Gasteiger partial charge in [-0.05, 0) is 63.0 Å². The number of carbonyl (C=O) groups excluding carboxylic acids is 1. The van der Waals surface area contributed by atoms with Crippen LogP contribution < -0.4 is 4.90 Å². The first kappa shape index (κ1) is 20.7. The van der Waals surface area contributed by atoms with E-state index in [-0.39, 0.29) is 11.8 Å². The molecule has 3 aliphatic rings. The van der Waals surface area contributed by atoms with E-state index in [1.165, 1.54) is 30.6 Å². The van der Waals surface area contributed by atoms with E-state index < -0.39 is 0 Å². The molecule has 3 aromatic rings. The van der Waals surface area contributed by atoms with E-state index in [4.69, 9.17) is 9.97 Å². The first-order valence-corrected chi connectivity index (χ1v) is 12.6. The molecule has 33 heavy (non-hydrogen) atoms. The second kappa shape index (κ2) is 8.47. The van der Waals surface area contributed by atoms with Gasteiger partial charge >= 0.3 is 0 Å². The summed E-state index contributed by atoms with van der Waals surface area (Å²) < 4.78 is 0. The molecule has 2 aromatic heterocycles. The summed E-state index contributed by atoms with van der Waals surface area (Å²) in [5, 5.41) is 1.14. The molecule has 1 N–H and O–H groups in total. The summed E-state index contributed by atoms with van der Waals surface area (Å²) in [6.07, 6.45) is 9.49. The van der Waals surface area contributed by atoms with Crippen LogP contribution in [0, 0.1) is 12.8 Å². The minimum atomic E-state index is 0.203. The Hall–Kier alpha value is -2.89. The summed E-state index contributed by atoms with van der Waals surface area (Å²) in [5.74, 6) is 3.40. The van der Waals surface area contributed by atoms with Crippen LogP contribution >= 0.6 is 0 Å². The summed E-state index contributed by atoms with van der Waals surface area (Å²) in [7, 11) is 0. The number of benzene rings is 1. The van der Waals surface area contributed by atoms with E-state index in [0.29, 0.717) is 6.42 Å². The molecular weight excluding hydrogens is 410 g/mol. The molecule has 1 saturated carbocycles. The molecule has 6 nitrogen and oxygen atoms in total. The van der Waals surface area contributed by atoms with Gasteiger partial charge < -0.3 is 14.8 Å². The smallest absolute Gasteiger partial charge is 0.227 e. The number of aromatic nitrogens is 3. The summed E-state index contributed by atoms with van der Waals surface area (Å²) in [6, 6.07) is 8.20. The summed E-state index contributed by atoms with van der Waals surface area (Å²) in [4.78, 5) is 31.2. The number of amides is 1. The van der Waals surface area contributed by atoms with Gasteiger partial charge in [-0.25, -0.2) is 9.97 Å². The number of carbonyl (C=O) groups is 1. The van der Waals surface area contributed by atoms with E-state index >= 15 is 0 Å². The van der Waals surface area contributed by atoms with Gasteiger partial charge in [0.1, 0.15) is 11.6 Å². The van der Waals surface area contributed by atoms with Gasteiger partial charge in [-0.15, -0.1) is 0 Å². The van der Waals surface area contributed by atoms with Crippen molar-refractivity contribution in [3.8, 4) is 0 Å². The van der Waals surface area contributed by atoms with Gasteiger partial charge in [-0.2, -0.15) is 0 Å². The van der Waals surface area contributed by atoms with Crippen molar-refractivity contribution in [2.75, 3.05) is 31.1 Å². The number of aromatic amines is 1. The monoisotopic (exact) mass is 443 g/mol. The maximum Gasteiger partial charge on any atom is 0.227 e. The average Bonchev–Trinajstić information content (AvgIpc) is 3.58. The molecule has 0 spiro atoms. The lowest BCUT2D eigenvalue weighted by molar-refractivity contribution is -0.131. The van der Waals surface area contributed by atoms with E-state index in [0.717, 1.165) is 79.3 Å². The van der Waals surface area contributed by atoms with E-state index in [1.54, 1.807) is 0 Å². The maximum absolute atomic E-state index is 13.2. The first-order valence-electron chi connectivity index (χ1n) is 12.6. The van der Waals surface area contributed by atoms with Crippen LogP contribution in [0.1, 0.15) is 60.7 Å². The Balaban J connectivity index is 1.20. The number of fused-ring (bicyclic) bond motifs is 2. The number of likely N-dealkylation sites (tertiary alicyclic amines) is 1. The highest BCUT2D eigenvalue weighted by molar-refractivity contribution is 5.89. The molecule has 1 unspecified atom stereocenters. The molecule has 172 valence electrons. The molecular formula is C27H33N5O. The second-order valence-electron chi connectivity index (χ2n) is 10.2. The van der Waals surface area contributed by atoms with Gasteiger partial charge in [0, 0.05) is 60.5 Å². The van der Waals surface area contributed by atoms with Crippen molar-refractivity contribution in [3.63, 3.8) is 0 Å². The molecule has 1 amide bonds. The van der Waals surface area contributed by atoms with Crippen LogP contribution in [0.25, 0.3) is 10.9 Å². The molecule has 0 bridgehead atoms. The van der Waals surface area contributed by atoms with Crippen molar-refractivity contribution in [2.24, 2.45) is 5.92 Å². The number of aryl methyl sites for hydroxylation is 1. The van der Waals surface area contributed by atoms with Crippen molar-refractivity contribution in [3.05, 3.63) is 53.1 Å². The van der Waals surface area contributed by atoms with Crippen molar-refractivity contribution in [1.29, 1.82) is 0 Å². The van der Waals surface area contributed by atoms with Crippen molar-refractivity contribution >= 4 is 22.6 Å². The normalized spacial score (nSPS) is 20.8. The fraction of sp³-hybridized carbons (Fsp3) is 0.519. The molecule has 1 saturated heterocycles. The Labute approximate surface area is 195 Å². The SMILES string of the molecule is Cc1nc(C2CCCN(C(=O)Cc3c[nH]c4ccccc34)C2)nc2c1CCCN2CC1CC1. The summed E-state index contributed by atoms with van der Waals surface area (Å²) in [6.45, 7) is 5.95. The van der Waals surface area contributed by atoms with Gasteiger partial charge in [0.15, 0.2) is 0 Å². The highest BCUT2D eigenvalue weighted by Crippen LogP contribution is 2.36. The van der Waals surface area contributed by atoms with Crippen LogP contribution in [0.5, 0.6) is 0 Å². The van der Waals surface area contributed by atoms with Gasteiger partial charge in [-0.1, -0.05) is 18.2 Å². The summed E-state index contributed by atoms with van der Waals surface area (Å²) in [5.41, 5.74) is 4.64. The van der Waals surface area contributed by atoms with Crippen LogP contribution in [-0.2, 0) is 17.6 Å². The zero-order chi connectivity index (χ0) is 22.4. The van der Waals surface area contributed by atoms with E-state index in [1.807, 2.05) is 23.2 Å². The number of nitrogens with one attached hydrogen (secondary N) is 1. The van der Waals surface area contributed by atoms with Gasteiger partial charge in [-0.3, -0.25) is 4.79 Å². The lowest BCUT2D eigenvalue weighted by Gasteiger charge is -2.34. The third-order valence-electron chi connectivity index (χ3n) is 7.70. The third kappa shape index (κ3) is 4.11. The number of nitrogens with zero attached hydrogens (tertiary/aromatic N) is 4. The molecule has 2 fully saturated rings. The van der Waals surface area contributed by atoms with Crippen LogP contribution in [0.4, 0.5) is 5.82 Å². The highest BCUT2D eigenvalue weighted by Gasteiger charge is 2.31. The maximum atomic E-state index is 13.2. The molecule has 2 aliphatic heterocycles. The fourth-order valence-electron chi connectivity index (χ4n) is 5.65. The van der Waals surface area contributed by atoms with Crippen molar-refractivity contribution < 1.29 is 4.79 Å². The zero-order valence-corrected chi connectivity index (χ0v) is 19.5. The number of piperidine rings is 1. The lowest BCUT2D eigenvalue weighted by Crippen LogP contribution is -2.40. The standard InChI is InChI=1S/C27H33N5O/c1-18-22-8-5-13-32(16-19-10-11-19)27(22)30-26(29-18)20-6-4-12-31(17-20)25(33)14-21-15-28-24-9-3-2-7-23(21)24/h2-3,7,9,15,19-20,28H,4-6,8,10-14,16-17H2,1H3. The topological polar surface area (TPSA) is 65.1 Å². The Morgan fingerprint density at radius 3 is 2.88 bits per heavy atom. The number of hydrogen-bond donors (Lipinski definition) is 1. The highest BCUT2D eigenvalue weighted by atomic mass is 16.2. The largest absolute Gasteiger partial charge is 0.361 e. The Morgan fingerprint density at radius 1 is 1.12 bits per heavy atom. The quantitative estimate of drug-likeness (QED) is 0.636. The Kier molecular flexibility index (Phi) is 5.31. The molecule has 4 heterocycles. The van der Waals surface area contributed by atoms with Crippen LogP contribution in [0.3, 0.4) is 0 Å². The molecule has 6 heteroatoms. The minimum absolute atomic E-state index is 0.203. The van der Waals surface area contributed by atoms with E-state index in [9.17, 15) is 4.79 Å². The van der Waals surface area contributed by atoms with Crippen LogP contribution in [0.2, 0.25) is 0 Å². The number of para-hydroxylation sites is 1. The molecule has 1 aliphatic carbocycles. The molecule has 1 atom stereocenters. The van der Waals surface area contributed by atoms with Crippen LogP contribution in [0.15, 0.2) is 30.5 Å². The van der Waals surface area contributed by atoms with Gasteiger partial charge in [0.2, 0.25) is 5.91 Å². The molecule has 0 radical (unpaired) electrons. The minimum Gasteiger partial charge on any atom is -0.361 e. The predicted molar refractivity (Wildman–Crippen MR) is 131 cm³/mol. The zero-order valence-electron chi connectivity index (χ0n) is 19.5. The second-order valence-corrected chi connectivity index (χ2v) is 10.2. The average molecular weight is 444 g/mol. The summed E-state index contributed by atoms with van der Waals surface area (Å²) >= 11 is 0. The fourth-order valence-corrected chi connectivity index (χ4v) is 5.65. The number of hydrogen-bond acceptors (Lipinski definition) is 4. The third-order valence-corrected chi connectivity index (χ3v) is 7.70. The Bertz CT molecular complexity index is 1180. The van der Waals surface area contributed by atoms with Crippen LogP contribution in [-0.4, -0.2) is 51.9 Å². The van der Waals surface area contributed by atoms with Crippen molar-refractivity contribution in [2.45, 2.75) is 57.8 Å². The van der Waals surface area contributed by atoms with Gasteiger partial charge in [0.05, 0.1) is 6.42 Å². The number of anilines is 1. The molecule has 6 rings (SSSR count).